The number of methoxy groups -OCH3 is 1. The highest BCUT2D eigenvalue weighted by molar-refractivity contribution is 5.75. The number of aryl methyl sites for hydroxylation is 1. The van der Waals surface area contributed by atoms with Gasteiger partial charge in [0.2, 0.25) is 0 Å². The number of nitrogens with zero attached hydrogens (tertiary/aromatic N) is 1. The van der Waals surface area contributed by atoms with E-state index in [1.807, 2.05) is 43.1 Å². The van der Waals surface area contributed by atoms with E-state index in [4.69, 9.17) is 4.74 Å². The van der Waals surface area contributed by atoms with Crippen LogP contribution in [0.15, 0.2) is 24.3 Å². The fraction of sp³-hybridized carbons (Fsp3) is 0.588. The van der Waals surface area contributed by atoms with E-state index < -0.39 is 24.2 Å². The molecular weight excluding hydrogens is 282 g/mol. The van der Waals surface area contributed by atoms with Crippen LogP contribution in [0.25, 0.3) is 0 Å². The van der Waals surface area contributed by atoms with E-state index in [9.17, 15) is 15.0 Å². The van der Waals surface area contributed by atoms with Crippen LogP contribution in [0.4, 0.5) is 0 Å². The van der Waals surface area contributed by atoms with Crippen LogP contribution in [0, 0.1) is 12.8 Å². The Kier molecular flexibility index (Phi) is 3.97. The molecule has 0 radical (unpaired) electrons. The smallest absolute Gasteiger partial charge is 0.310 e. The summed E-state index contributed by atoms with van der Waals surface area (Å²) in [6.07, 6.45) is -1.11. The number of benzene rings is 1. The van der Waals surface area contributed by atoms with Gasteiger partial charge in [0.25, 0.3) is 0 Å². The van der Waals surface area contributed by atoms with Crippen molar-refractivity contribution in [2.45, 2.75) is 43.6 Å². The minimum atomic E-state index is -0.922. The molecule has 3 rings (SSSR count). The molecule has 5 heteroatoms. The average Bonchev–Trinajstić information content (AvgIpc) is 2.66. The Labute approximate surface area is 130 Å². The number of hydrogen-bond acceptors (Lipinski definition) is 5. The molecule has 2 heterocycles. The molecule has 2 aliphatic rings. The molecule has 2 saturated heterocycles. The van der Waals surface area contributed by atoms with Gasteiger partial charge in [0, 0.05) is 12.0 Å². The van der Waals surface area contributed by atoms with Gasteiger partial charge in [0.1, 0.15) is 0 Å². The van der Waals surface area contributed by atoms with E-state index in [-0.39, 0.29) is 17.9 Å². The third kappa shape index (κ3) is 2.24. The molecule has 6 atom stereocenters. The van der Waals surface area contributed by atoms with E-state index in [0.717, 1.165) is 11.1 Å². The predicted molar refractivity (Wildman–Crippen MR) is 81.4 cm³/mol. The monoisotopic (exact) mass is 305 g/mol. The van der Waals surface area contributed by atoms with E-state index in [0.29, 0.717) is 6.42 Å². The Morgan fingerprint density at radius 2 is 1.86 bits per heavy atom. The van der Waals surface area contributed by atoms with Crippen LogP contribution in [0.2, 0.25) is 0 Å². The van der Waals surface area contributed by atoms with Crippen molar-refractivity contribution in [1.82, 2.24) is 4.90 Å². The summed E-state index contributed by atoms with van der Waals surface area (Å²) in [6.45, 7) is 2.02. The second-order valence-electron chi connectivity index (χ2n) is 6.51. The van der Waals surface area contributed by atoms with Gasteiger partial charge in [-0.05, 0) is 26.0 Å². The molecule has 5 nitrogen and oxygen atoms in total. The summed E-state index contributed by atoms with van der Waals surface area (Å²) in [5.41, 5.74) is 2.22. The lowest BCUT2D eigenvalue weighted by molar-refractivity contribution is -0.151. The topological polar surface area (TPSA) is 70.0 Å². The van der Waals surface area contributed by atoms with Crippen molar-refractivity contribution < 1.29 is 19.7 Å². The summed E-state index contributed by atoms with van der Waals surface area (Å²) in [6, 6.07) is 7.56. The molecule has 1 unspecified atom stereocenters. The van der Waals surface area contributed by atoms with Crippen LogP contribution in [-0.2, 0) is 9.53 Å². The molecule has 1 aromatic rings. The minimum absolute atomic E-state index is 0.0500. The van der Waals surface area contributed by atoms with Crippen molar-refractivity contribution in [2.24, 2.45) is 5.92 Å². The van der Waals surface area contributed by atoms with Crippen molar-refractivity contribution in [2.75, 3.05) is 14.2 Å². The van der Waals surface area contributed by atoms with Crippen molar-refractivity contribution in [3.05, 3.63) is 35.4 Å². The molecule has 120 valence electrons. The quantitative estimate of drug-likeness (QED) is 0.786. The van der Waals surface area contributed by atoms with Crippen LogP contribution in [0.3, 0.4) is 0 Å². The van der Waals surface area contributed by atoms with Gasteiger partial charge in [0.15, 0.2) is 0 Å². The van der Waals surface area contributed by atoms with Crippen molar-refractivity contribution in [3.63, 3.8) is 0 Å². The second-order valence-corrected chi connectivity index (χ2v) is 6.51. The lowest BCUT2D eigenvalue weighted by Crippen LogP contribution is -2.51. The van der Waals surface area contributed by atoms with Crippen molar-refractivity contribution >= 4 is 5.97 Å². The Morgan fingerprint density at radius 1 is 1.23 bits per heavy atom. The highest BCUT2D eigenvalue weighted by Gasteiger charge is 2.58. The van der Waals surface area contributed by atoms with Gasteiger partial charge in [-0.2, -0.15) is 0 Å². The molecule has 2 fully saturated rings. The van der Waals surface area contributed by atoms with Gasteiger partial charge >= 0.3 is 5.97 Å². The molecule has 2 N–H and O–H groups in total. The van der Waals surface area contributed by atoms with E-state index >= 15 is 0 Å². The van der Waals surface area contributed by atoms with Crippen LogP contribution in [0.1, 0.15) is 23.5 Å². The Balaban J connectivity index is 2.01. The van der Waals surface area contributed by atoms with Crippen LogP contribution in [-0.4, -0.2) is 59.5 Å². The fourth-order valence-corrected chi connectivity index (χ4v) is 4.15. The van der Waals surface area contributed by atoms with Gasteiger partial charge in [-0.15, -0.1) is 0 Å². The third-order valence-corrected chi connectivity index (χ3v) is 5.36. The first-order valence-corrected chi connectivity index (χ1v) is 7.68. The number of piperidine rings is 1. The molecule has 0 aliphatic carbocycles. The number of aliphatic hydroxyl groups excluding tert-OH is 2. The Morgan fingerprint density at radius 3 is 2.45 bits per heavy atom. The number of esters is 1. The standard InChI is InChI=1S/C17H23NO4/c1-9-4-6-10(7-5-9)11-8-12-15(19)16(20)14(18(12)2)13(11)17(21)22-3/h4-7,11-16,19-20H,8H2,1-3H3/t11-,12-,13+,14+,15?,16+/m1/s1. The van der Waals surface area contributed by atoms with E-state index in [1.165, 1.54) is 7.11 Å². The van der Waals surface area contributed by atoms with E-state index in [2.05, 4.69) is 0 Å². The molecule has 0 amide bonds. The van der Waals surface area contributed by atoms with E-state index in [1.54, 1.807) is 0 Å². The number of rotatable bonds is 2. The average molecular weight is 305 g/mol. The maximum atomic E-state index is 12.4. The zero-order valence-electron chi connectivity index (χ0n) is 13.1. The molecule has 2 bridgehead atoms. The molecule has 1 aromatic carbocycles. The second kappa shape index (κ2) is 5.65. The summed E-state index contributed by atoms with van der Waals surface area (Å²) < 4.78 is 4.99. The summed E-state index contributed by atoms with van der Waals surface area (Å²) >= 11 is 0. The van der Waals surface area contributed by atoms with Crippen molar-refractivity contribution in [1.29, 1.82) is 0 Å². The molecule has 0 saturated carbocycles. The highest BCUT2D eigenvalue weighted by Crippen LogP contribution is 2.46. The summed E-state index contributed by atoms with van der Waals surface area (Å²) in [5.74, 6) is -0.846. The van der Waals surface area contributed by atoms with Gasteiger partial charge in [0.05, 0.1) is 31.3 Å². The first-order chi connectivity index (χ1) is 10.5. The third-order valence-electron chi connectivity index (χ3n) is 5.36. The number of carbonyl (C=O) groups excluding carboxylic acids is 1. The summed E-state index contributed by atoms with van der Waals surface area (Å²) in [4.78, 5) is 14.3. The minimum Gasteiger partial charge on any atom is -0.469 e. The molecule has 22 heavy (non-hydrogen) atoms. The number of fused-ring (bicyclic) bond motifs is 2. The molecular formula is C17H23NO4. The molecule has 2 aliphatic heterocycles. The van der Waals surface area contributed by atoms with Gasteiger partial charge < -0.3 is 14.9 Å². The number of likely N-dealkylation sites (N-methyl/N-ethyl adjacent to an activating group) is 1. The number of hydrogen-bond donors (Lipinski definition) is 2. The predicted octanol–water partition coefficient (Wildman–Crippen LogP) is 0.676. The Hall–Kier alpha value is -1.43. The highest BCUT2D eigenvalue weighted by atomic mass is 16.5. The number of carbonyl (C=O) groups is 1. The van der Waals surface area contributed by atoms with Gasteiger partial charge in [-0.25, -0.2) is 0 Å². The normalized spacial score (nSPS) is 38.0. The zero-order chi connectivity index (χ0) is 16.0. The maximum absolute atomic E-state index is 12.4. The lowest BCUT2D eigenvalue weighted by Gasteiger charge is -2.41. The molecule has 0 aromatic heterocycles. The fourth-order valence-electron chi connectivity index (χ4n) is 4.15. The summed E-state index contributed by atoms with van der Waals surface area (Å²) in [5, 5.41) is 20.6. The molecule has 0 spiro atoms. The largest absolute Gasteiger partial charge is 0.469 e. The van der Waals surface area contributed by atoms with Crippen LogP contribution < -0.4 is 0 Å². The lowest BCUT2D eigenvalue weighted by atomic mass is 9.76. The number of ether oxygens (including phenoxy) is 1. The van der Waals surface area contributed by atoms with Crippen molar-refractivity contribution in [3.8, 4) is 0 Å². The zero-order valence-corrected chi connectivity index (χ0v) is 13.1. The van der Waals surface area contributed by atoms with Crippen LogP contribution in [0.5, 0.6) is 0 Å². The SMILES string of the molecule is COC(=O)[C@@H]1[C@H]2[C@H](O)C(O)[C@@H](C[C@@H]1c1ccc(C)cc1)N2C. The maximum Gasteiger partial charge on any atom is 0.310 e. The summed E-state index contributed by atoms with van der Waals surface area (Å²) in [7, 11) is 3.23. The first-order valence-electron chi connectivity index (χ1n) is 7.68. The first kappa shape index (κ1) is 15.5. The Bertz CT molecular complexity index is 554. The number of aliphatic hydroxyl groups is 2. The van der Waals surface area contributed by atoms with Gasteiger partial charge in [-0.1, -0.05) is 29.8 Å². The van der Waals surface area contributed by atoms with Gasteiger partial charge in [-0.3, -0.25) is 9.69 Å². The van der Waals surface area contributed by atoms with Crippen LogP contribution >= 0.6 is 0 Å².